The van der Waals surface area contributed by atoms with E-state index in [-0.39, 0.29) is 53.4 Å². The number of aryl methyl sites for hydroxylation is 5. The third kappa shape index (κ3) is 17.5. The van der Waals surface area contributed by atoms with Crippen LogP contribution in [0, 0.1) is 76.0 Å². The highest BCUT2D eigenvalue weighted by Gasteiger charge is 2.63. The number of hydrogen-bond donors (Lipinski definition) is 0. The smallest absolute Gasteiger partial charge is 0.0995 e. The Kier molecular flexibility index (Phi) is 28.7. The largest absolute Gasteiger partial charge is 0.325 e. The minimum Gasteiger partial charge on any atom is -0.325 e. The highest BCUT2D eigenvalue weighted by molar-refractivity contribution is 5.85. The Morgan fingerprint density at radius 3 is 0.765 bits per heavy atom. The summed E-state index contributed by atoms with van der Waals surface area (Å²) in [5.74, 6) is 2.50. The zero-order valence-electron chi connectivity index (χ0n) is 94.3. The first kappa shape index (κ1) is 96.7. The molecule has 9 unspecified atom stereocenters. The second-order valence-electron chi connectivity index (χ2n) is 45.1. The molecule has 10 nitrogen and oxygen atoms in total. The fourth-order valence-electron chi connectivity index (χ4n) is 31.3. The second-order valence-corrected chi connectivity index (χ2v) is 45.1. The number of benzene rings is 11. The van der Waals surface area contributed by atoms with Gasteiger partial charge in [-0.1, -0.05) is 359 Å². The van der Waals surface area contributed by atoms with Gasteiger partial charge < -0.3 is 49.0 Å². The third-order valence-corrected chi connectivity index (χ3v) is 37.6. The van der Waals surface area contributed by atoms with Crippen molar-refractivity contribution in [3.05, 3.63) is 391 Å². The Morgan fingerprint density at radius 1 is 0.208 bits per heavy atom. The Balaban J connectivity index is 0.000000121. The summed E-state index contributed by atoms with van der Waals surface area (Å²) in [6.07, 6.45) is 39.9. The van der Waals surface area contributed by atoms with Gasteiger partial charge in [-0.15, -0.1) is 0 Å². The molecular weight excluding hydrogens is 1810 g/mol. The Bertz CT molecular complexity index is 7090. The lowest BCUT2D eigenvalue weighted by molar-refractivity contribution is 0.168. The van der Waals surface area contributed by atoms with E-state index in [0.29, 0.717) is 41.4 Å². The first-order valence-corrected chi connectivity index (χ1v) is 56.0. The summed E-state index contributed by atoms with van der Waals surface area (Å²) < 4.78 is 66.1. The Morgan fingerprint density at radius 2 is 0.436 bits per heavy atom. The molecule has 17 aliphatic rings. The zero-order valence-corrected chi connectivity index (χ0v) is 87.3. The third-order valence-electron chi connectivity index (χ3n) is 37.6. The molecule has 11 aromatic carbocycles. The summed E-state index contributed by atoms with van der Waals surface area (Å²) in [5, 5.41) is 0. The highest BCUT2D eigenvalue weighted by atomic mass is 15.4. The van der Waals surface area contributed by atoms with E-state index in [0.717, 1.165) is 88.0 Å². The lowest BCUT2D eigenvalue weighted by atomic mass is 9.57. The maximum absolute atomic E-state index is 9.80. The fraction of sp³-hybridized carbons (Fsp3) is 0.453. The van der Waals surface area contributed by atoms with E-state index >= 15 is 0 Å². The van der Waals surface area contributed by atoms with Crippen LogP contribution in [0.25, 0.3) is 0 Å². The summed E-state index contributed by atoms with van der Waals surface area (Å²) in [6, 6.07) is 97.2. The predicted molar refractivity (Wildman–Crippen MR) is 638 cm³/mol. The number of rotatable bonds is 13. The van der Waals surface area contributed by atoms with Gasteiger partial charge in [-0.3, -0.25) is 0 Å². The van der Waals surface area contributed by atoms with Crippen LogP contribution in [0.4, 0.5) is 56.9 Å². The van der Waals surface area contributed by atoms with Crippen LogP contribution in [0.2, 0.25) is 0 Å². The molecule has 0 N–H and O–H groups in total. The van der Waals surface area contributed by atoms with Crippen molar-refractivity contribution in [1.29, 1.82) is 0 Å². The molecule has 10 aliphatic heterocycles. The molecule has 0 saturated heterocycles. The van der Waals surface area contributed by atoms with Crippen molar-refractivity contribution in [3.8, 4) is 0 Å². The van der Waals surface area contributed by atoms with Gasteiger partial charge in [0.1, 0.15) is 0 Å². The molecule has 0 spiro atoms. The van der Waals surface area contributed by atoms with Crippen LogP contribution in [-0.4, -0.2) is 33.2 Å². The molecule has 0 bridgehead atoms. The van der Waals surface area contributed by atoms with Crippen LogP contribution in [0.15, 0.2) is 330 Å². The maximum atomic E-state index is 9.80. The van der Waals surface area contributed by atoms with Gasteiger partial charge in [0.15, 0.2) is 0 Å². The number of allylic oxidation sites excluding steroid dienone is 10. The lowest BCUT2D eigenvalue weighted by Crippen LogP contribution is -2.44. The van der Waals surface area contributed by atoms with Gasteiger partial charge >= 0.3 is 0 Å². The molecular formula is C139H176N10. The molecule has 0 radical (unpaired) electrons. The van der Waals surface area contributed by atoms with E-state index in [9.17, 15) is 6.85 Å². The van der Waals surface area contributed by atoms with Gasteiger partial charge in [0.2, 0.25) is 0 Å². The van der Waals surface area contributed by atoms with Gasteiger partial charge in [-0.2, -0.15) is 0 Å². The molecule has 149 heavy (non-hydrogen) atoms. The van der Waals surface area contributed by atoms with Crippen molar-refractivity contribution in [1.82, 2.24) is 0 Å². The van der Waals surface area contributed by atoms with Crippen molar-refractivity contribution < 1.29 is 9.60 Å². The lowest BCUT2D eigenvalue weighted by Gasteiger charge is -2.46. The van der Waals surface area contributed by atoms with Crippen LogP contribution >= 0.6 is 0 Å². The Hall–Kier alpha value is -11.9. The molecule has 0 amide bonds. The molecule has 0 aromatic heterocycles. The first-order valence-electron chi connectivity index (χ1n) is 59.9. The van der Waals surface area contributed by atoms with Gasteiger partial charge in [-0.05, 0) is 322 Å². The van der Waals surface area contributed by atoms with Crippen molar-refractivity contribution >= 4 is 56.9 Å². The zero-order chi connectivity index (χ0) is 104. The van der Waals surface area contributed by atoms with Gasteiger partial charge in [-0.25, -0.2) is 0 Å². The minimum atomic E-state index is -0.752. The molecule has 7 saturated carbocycles. The number of para-hydroxylation sites is 10. The van der Waals surface area contributed by atoms with E-state index in [4.69, 9.17) is 2.74 Å². The maximum Gasteiger partial charge on any atom is 0.0995 e. The quantitative estimate of drug-likeness (QED) is 0.111. The molecule has 9 atom stereocenters. The first-order chi connectivity index (χ1) is 73.6. The molecule has 782 valence electrons. The molecule has 7 aliphatic carbocycles. The molecule has 11 aromatic rings. The van der Waals surface area contributed by atoms with Crippen LogP contribution in [-0.2, 0) is 16.2 Å². The fourth-order valence-corrected chi connectivity index (χ4v) is 31.3. The van der Waals surface area contributed by atoms with E-state index < -0.39 is 45.0 Å². The summed E-state index contributed by atoms with van der Waals surface area (Å²) in [4.78, 5) is 22.5. The summed E-state index contributed by atoms with van der Waals surface area (Å²) >= 11 is 0. The summed E-state index contributed by atoms with van der Waals surface area (Å²) in [7, 11) is 0. The number of anilines is 10. The topological polar surface area (TPSA) is 32.4 Å². The molecule has 10 heterocycles. The Labute approximate surface area is 909 Å². The normalized spacial score (nSPS) is 27.1. The monoisotopic (exact) mass is 1990 g/mol. The van der Waals surface area contributed by atoms with Crippen molar-refractivity contribution in [3.63, 3.8) is 0 Å². The second kappa shape index (κ2) is 44.2. The molecule has 10 heteroatoms. The van der Waals surface area contributed by atoms with Crippen LogP contribution in [0.3, 0.4) is 0 Å². The van der Waals surface area contributed by atoms with Crippen LogP contribution < -0.4 is 49.0 Å². The average Bonchev–Trinajstić information content (AvgIpc) is 1.52. The van der Waals surface area contributed by atoms with Crippen LogP contribution in [0.1, 0.15) is 353 Å². The standard InChI is InChI=1S/C30H32N2.C29H36N2.C28H34N2.C24H28N2.C23H26N2.5CH4/c1-22-13-9-11-19-27(22)31-21-32-28-20-12-10-18-26(28)30(29(32)23(31)2,24-14-5-3-6-15-24)25-16-7-4-8-17-25;1-21-12-6-10-18-26(21)30-20-31-27-19-11-9-17-25(27)29(28(31)22(30)2,24-15-7-8-16-24)23-13-4-3-5-14-23;1-20-11-3-9-17-25(20)29-19-30-26-18-10-8-16-24(26)28(27(30)21(29)2,22-12-4-5-13-22)23-14-6-7-15-23;1-17-10-6-8-14-21(17)25-16-26-22-15-9-7-13-20(22)23(24(26)18(25)2)19-11-4-3-5-12-19;1-16-9-3-7-13-20(16)24-15-25-21-14-8-6-12-19(21)22(23(25)17(24)2)18-10-4-5-11-18;;;;;/h3,5-6,9-15,18-20,25H,4,7-8,16-17,21H2,1-2H3;6,9-12,17-19,23-24H,3-5,7-8,13-16,20H2,1-2H3;3,8-11,16-18,22-23H,4-7,12-15,19H2,1-2H3;6-10,13-15,19,23H,3-5,11-12,16H2,1-2H3;3,6-9,12-14,18,22H,4-5,10-11,15H2,1-2H3;5*1H4/i21D;20D;19D;16D,23D;15D,22D;;;;;. The number of nitrogens with zero attached hydrogens (tertiary/aromatic N) is 10. The SMILES string of the molecule is C.C.C.C.C.[2H]C1N(c2ccccc2C)C(C)=C2N1c1ccccc1C2(C1CCCC1)C1CCCC1.[2H]C1N(c2ccccc2C)C(C)=C2N1c1ccccc1C2(C1CCCCC1)C1CCCC1.[2H]C1N(c2ccccc2C)C(C)=C2N1c1ccccc1C2([2H])C1CCCC1.[2H]C1N(c2ccccc2C)C(C)=C2N1c1ccccc1C2([2H])C1CCCCC1.[2H]C1N(c2ccccc2C)C(C)=C2N1c1ccccc1C2(c1ccccc1)C1CCCCC1. The van der Waals surface area contributed by atoms with Gasteiger partial charge in [0, 0.05) is 122 Å². The van der Waals surface area contributed by atoms with Crippen molar-refractivity contribution in [2.75, 3.05) is 82.2 Å². The van der Waals surface area contributed by atoms with Crippen molar-refractivity contribution in [2.24, 2.45) is 41.4 Å². The summed E-state index contributed by atoms with van der Waals surface area (Å²) in [5.41, 5.74) is 37.9. The van der Waals surface area contributed by atoms with Gasteiger partial charge in [0.05, 0.1) is 62.6 Å². The van der Waals surface area contributed by atoms with E-state index in [1.54, 1.807) is 0 Å². The molecule has 7 fully saturated rings. The van der Waals surface area contributed by atoms with Crippen molar-refractivity contribution in [2.45, 2.75) is 333 Å². The van der Waals surface area contributed by atoms with E-state index in [1.165, 1.54) is 286 Å². The van der Waals surface area contributed by atoms with E-state index in [1.807, 2.05) is 42.5 Å². The number of fused-ring (bicyclic) bond motifs is 15. The number of hydrogen-bond acceptors (Lipinski definition) is 10. The van der Waals surface area contributed by atoms with Crippen LogP contribution in [0.5, 0.6) is 0 Å². The average molecular weight is 1990 g/mol. The predicted octanol–water partition coefficient (Wildman–Crippen LogP) is 37.2. The molecule has 28 rings (SSSR count). The van der Waals surface area contributed by atoms with E-state index in [2.05, 4.69) is 349 Å². The highest BCUT2D eigenvalue weighted by Crippen LogP contribution is 2.69. The minimum absolute atomic E-state index is 0. The van der Waals surface area contributed by atoms with Gasteiger partial charge in [0.25, 0.3) is 0 Å². The summed E-state index contributed by atoms with van der Waals surface area (Å²) in [6.45, 7) is 19.3.